The second-order valence-electron chi connectivity index (χ2n) is 5.14. The van der Waals surface area contributed by atoms with Gasteiger partial charge >= 0.3 is 0 Å². The van der Waals surface area contributed by atoms with E-state index in [-0.39, 0.29) is 12.5 Å². The van der Waals surface area contributed by atoms with E-state index in [0.29, 0.717) is 13.1 Å². The zero-order chi connectivity index (χ0) is 15.5. The Hall–Kier alpha value is -2.01. The zero-order valence-corrected chi connectivity index (χ0v) is 13.8. The normalized spacial score (nSPS) is 14.1. The Balaban J connectivity index is 1.81. The minimum atomic E-state index is -0.0110. The summed E-state index contributed by atoms with van der Waals surface area (Å²) in [6, 6.07) is 13.6. The number of rotatable bonds is 3. The van der Waals surface area contributed by atoms with Gasteiger partial charge in [-0.15, -0.1) is 0 Å². The van der Waals surface area contributed by atoms with Crippen LogP contribution in [0.2, 0.25) is 0 Å². The highest BCUT2D eigenvalue weighted by Crippen LogP contribution is 2.27. The van der Waals surface area contributed by atoms with Crippen LogP contribution in [-0.4, -0.2) is 24.5 Å². The molecule has 4 nitrogen and oxygen atoms in total. The van der Waals surface area contributed by atoms with Gasteiger partial charge in [0.15, 0.2) is 6.61 Å². The van der Waals surface area contributed by atoms with Crippen molar-refractivity contribution in [3.05, 3.63) is 58.1 Å². The lowest BCUT2D eigenvalue weighted by molar-refractivity contribution is -0.133. The Morgan fingerprint density at radius 2 is 2.00 bits per heavy atom. The third-order valence-corrected chi connectivity index (χ3v) is 4.11. The van der Waals surface area contributed by atoms with Gasteiger partial charge in [-0.25, -0.2) is 0 Å². The van der Waals surface area contributed by atoms with E-state index in [0.717, 1.165) is 27.1 Å². The summed E-state index contributed by atoms with van der Waals surface area (Å²) < 4.78 is 11.7. The predicted octanol–water partition coefficient (Wildman–Crippen LogP) is 3.38. The van der Waals surface area contributed by atoms with Gasteiger partial charge in [0, 0.05) is 23.1 Å². The number of hydrogen-bond acceptors (Lipinski definition) is 3. The average Bonchev–Trinajstić information content (AvgIpc) is 2.68. The van der Waals surface area contributed by atoms with E-state index in [1.165, 1.54) is 0 Å². The summed E-state index contributed by atoms with van der Waals surface area (Å²) in [7, 11) is 1.64. The van der Waals surface area contributed by atoms with Crippen LogP contribution in [0.3, 0.4) is 0 Å². The van der Waals surface area contributed by atoms with Gasteiger partial charge in [0.05, 0.1) is 7.11 Å². The summed E-state index contributed by atoms with van der Waals surface area (Å²) in [5.41, 5.74) is 2.07. The maximum atomic E-state index is 12.3. The van der Waals surface area contributed by atoms with Crippen molar-refractivity contribution in [2.45, 2.75) is 13.1 Å². The summed E-state index contributed by atoms with van der Waals surface area (Å²) in [6.07, 6.45) is 0. The Bertz CT molecular complexity index is 685. The van der Waals surface area contributed by atoms with Crippen LogP contribution in [0.25, 0.3) is 0 Å². The van der Waals surface area contributed by atoms with Gasteiger partial charge in [0.2, 0.25) is 0 Å². The van der Waals surface area contributed by atoms with E-state index in [2.05, 4.69) is 15.9 Å². The second-order valence-corrected chi connectivity index (χ2v) is 6.05. The topological polar surface area (TPSA) is 38.8 Å². The number of halogens is 1. The van der Waals surface area contributed by atoms with Crippen LogP contribution in [0.4, 0.5) is 0 Å². The third-order valence-electron chi connectivity index (χ3n) is 3.62. The Labute approximate surface area is 137 Å². The molecule has 2 aromatic rings. The molecule has 1 aliphatic heterocycles. The maximum absolute atomic E-state index is 12.3. The van der Waals surface area contributed by atoms with E-state index in [4.69, 9.17) is 9.47 Å². The van der Waals surface area contributed by atoms with E-state index < -0.39 is 0 Å². The molecule has 0 aromatic heterocycles. The van der Waals surface area contributed by atoms with E-state index in [1.54, 1.807) is 12.0 Å². The SMILES string of the molecule is COc1ccc(CN2Cc3cc(Br)ccc3OCC2=O)cc1. The minimum Gasteiger partial charge on any atom is -0.497 e. The summed E-state index contributed by atoms with van der Waals surface area (Å²) in [5, 5.41) is 0. The van der Waals surface area contributed by atoms with Gasteiger partial charge in [-0.05, 0) is 35.9 Å². The third kappa shape index (κ3) is 3.25. The molecule has 0 saturated heterocycles. The second kappa shape index (κ2) is 6.40. The number of hydrogen-bond donors (Lipinski definition) is 0. The molecule has 0 unspecified atom stereocenters. The molecule has 0 spiro atoms. The smallest absolute Gasteiger partial charge is 0.261 e. The predicted molar refractivity (Wildman–Crippen MR) is 86.9 cm³/mol. The summed E-state index contributed by atoms with van der Waals surface area (Å²) >= 11 is 3.46. The molecule has 0 radical (unpaired) electrons. The molecule has 0 N–H and O–H groups in total. The molecule has 1 heterocycles. The first-order valence-electron chi connectivity index (χ1n) is 6.97. The molecule has 5 heteroatoms. The standard InChI is InChI=1S/C17H16BrNO3/c1-21-15-5-2-12(3-6-15)9-19-10-13-8-14(18)4-7-16(13)22-11-17(19)20/h2-8H,9-11H2,1H3. The lowest BCUT2D eigenvalue weighted by atomic mass is 10.1. The summed E-state index contributed by atoms with van der Waals surface area (Å²) in [4.78, 5) is 14.1. The van der Waals surface area contributed by atoms with Gasteiger partial charge in [0.25, 0.3) is 5.91 Å². The van der Waals surface area contributed by atoms with Crippen molar-refractivity contribution < 1.29 is 14.3 Å². The first-order chi connectivity index (χ1) is 10.7. The van der Waals surface area contributed by atoms with Crippen molar-refractivity contribution in [1.82, 2.24) is 4.90 Å². The zero-order valence-electron chi connectivity index (χ0n) is 12.2. The average molecular weight is 362 g/mol. The lowest BCUT2D eigenvalue weighted by Gasteiger charge is -2.20. The largest absolute Gasteiger partial charge is 0.497 e. The van der Waals surface area contributed by atoms with Crippen LogP contribution in [0.1, 0.15) is 11.1 Å². The van der Waals surface area contributed by atoms with E-state index >= 15 is 0 Å². The number of fused-ring (bicyclic) bond motifs is 1. The maximum Gasteiger partial charge on any atom is 0.261 e. The number of amides is 1. The first-order valence-corrected chi connectivity index (χ1v) is 7.77. The fourth-order valence-electron chi connectivity index (χ4n) is 2.43. The number of carbonyl (C=O) groups is 1. The van der Waals surface area contributed by atoms with Crippen molar-refractivity contribution >= 4 is 21.8 Å². The van der Waals surface area contributed by atoms with Crippen LogP contribution < -0.4 is 9.47 Å². The molecule has 0 fully saturated rings. The van der Waals surface area contributed by atoms with Gasteiger partial charge < -0.3 is 14.4 Å². The molecule has 0 bridgehead atoms. The fourth-order valence-corrected chi connectivity index (χ4v) is 2.84. The molecule has 1 aliphatic rings. The van der Waals surface area contributed by atoms with Gasteiger partial charge in [-0.2, -0.15) is 0 Å². The van der Waals surface area contributed by atoms with E-state index in [9.17, 15) is 4.79 Å². The number of ether oxygens (including phenoxy) is 2. The lowest BCUT2D eigenvalue weighted by Crippen LogP contribution is -2.31. The molecule has 2 aromatic carbocycles. The van der Waals surface area contributed by atoms with Crippen LogP contribution in [0, 0.1) is 0 Å². The van der Waals surface area contributed by atoms with Crippen LogP contribution >= 0.6 is 15.9 Å². The number of nitrogens with zero attached hydrogens (tertiary/aromatic N) is 1. The first kappa shape index (κ1) is 14.9. The van der Waals surface area contributed by atoms with Crippen LogP contribution in [0.15, 0.2) is 46.9 Å². The molecular formula is C17H16BrNO3. The fraction of sp³-hybridized carbons (Fsp3) is 0.235. The van der Waals surface area contributed by atoms with Crippen LogP contribution in [0.5, 0.6) is 11.5 Å². The molecule has 0 atom stereocenters. The quantitative estimate of drug-likeness (QED) is 0.840. The van der Waals surface area contributed by atoms with E-state index in [1.807, 2.05) is 42.5 Å². The van der Waals surface area contributed by atoms with Crippen molar-refractivity contribution in [2.24, 2.45) is 0 Å². The highest BCUT2D eigenvalue weighted by Gasteiger charge is 2.21. The van der Waals surface area contributed by atoms with Crippen molar-refractivity contribution in [3.8, 4) is 11.5 Å². The van der Waals surface area contributed by atoms with Gasteiger partial charge in [-0.1, -0.05) is 28.1 Å². The number of benzene rings is 2. The van der Waals surface area contributed by atoms with Crippen molar-refractivity contribution in [2.75, 3.05) is 13.7 Å². The Morgan fingerprint density at radius 1 is 1.23 bits per heavy atom. The van der Waals surface area contributed by atoms with Gasteiger partial charge in [-0.3, -0.25) is 4.79 Å². The highest BCUT2D eigenvalue weighted by atomic mass is 79.9. The Kier molecular flexibility index (Phi) is 4.34. The molecule has 3 rings (SSSR count). The number of carbonyl (C=O) groups excluding carboxylic acids is 1. The van der Waals surface area contributed by atoms with Gasteiger partial charge in [0.1, 0.15) is 11.5 Å². The molecule has 114 valence electrons. The molecular weight excluding hydrogens is 346 g/mol. The summed E-state index contributed by atoms with van der Waals surface area (Å²) in [5.74, 6) is 1.57. The number of methoxy groups -OCH3 is 1. The molecule has 0 aliphatic carbocycles. The summed E-state index contributed by atoms with van der Waals surface area (Å²) in [6.45, 7) is 1.17. The highest BCUT2D eigenvalue weighted by molar-refractivity contribution is 9.10. The molecule has 22 heavy (non-hydrogen) atoms. The molecule has 0 saturated carbocycles. The molecule has 1 amide bonds. The Morgan fingerprint density at radius 3 is 2.73 bits per heavy atom. The minimum absolute atomic E-state index is 0.0110. The van der Waals surface area contributed by atoms with Crippen molar-refractivity contribution in [3.63, 3.8) is 0 Å². The van der Waals surface area contributed by atoms with Crippen molar-refractivity contribution in [1.29, 1.82) is 0 Å². The van der Waals surface area contributed by atoms with Crippen LogP contribution in [-0.2, 0) is 17.9 Å². The monoisotopic (exact) mass is 361 g/mol.